The number of rotatable bonds is 1. The van der Waals surface area contributed by atoms with Crippen LogP contribution in [0.4, 0.5) is 0 Å². The second kappa shape index (κ2) is 56.3. The van der Waals surface area contributed by atoms with E-state index in [2.05, 4.69) is 0 Å². The summed E-state index contributed by atoms with van der Waals surface area (Å²) in [6, 6.07) is 0. The Kier molecular flexibility index (Phi) is 132. The van der Waals surface area contributed by atoms with E-state index in [1.54, 1.807) is 0 Å². The molecule has 0 radical (unpaired) electrons. The number of carboxylic acids is 4. The summed E-state index contributed by atoms with van der Waals surface area (Å²) in [6.07, 6.45) is 0. The van der Waals surface area contributed by atoms with Crippen molar-refractivity contribution >= 4 is 23.9 Å². The summed E-state index contributed by atoms with van der Waals surface area (Å²) in [6.45, 7) is 6.21. The van der Waals surface area contributed by atoms with Gasteiger partial charge in [-0.3, -0.25) is 25.7 Å². The van der Waals surface area contributed by atoms with Gasteiger partial charge < -0.3 is 36.2 Å². The molecule has 0 spiro atoms. The van der Waals surface area contributed by atoms with Crippen molar-refractivity contribution < 1.29 is 162 Å². The molecule has 0 rings (SSSR count). The summed E-state index contributed by atoms with van der Waals surface area (Å²) in [5, 5.41) is 29.7. The maximum Gasteiger partial charge on any atom is 1.00 e. The Morgan fingerprint density at radius 2 is 0.750 bits per heavy atom. The van der Waals surface area contributed by atoms with E-state index in [9.17, 15) is 0 Å². The smallest absolute Gasteiger partial charge is 1.00 e. The summed E-state index contributed by atoms with van der Waals surface area (Å²) in [5.74, 6) is -3.33. The molecule has 0 unspecified atom stereocenters. The van der Waals surface area contributed by atoms with Crippen LogP contribution in [0.15, 0.2) is 0 Å². The molecule has 0 bridgehead atoms. The zero-order chi connectivity index (χ0) is 17.7. The average Bonchev–Trinajstić information content (AvgIpc) is 2.13. The molecule has 0 aliphatic heterocycles. The Bertz CT molecular complexity index is 219. The van der Waals surface area contributed by atoms with Crippen molar-refractivity contribution in [2.24, 2.45) is 11.5 Å². The molecule has 0 saturated heterocycles. The van der Waals surface area contributed by atoms with Gasteiger partial charge in [-0.2, -0.15) is 0 Å². The fourth-order valence-electron chi connectivity index (χ4n) is 0. The van der Waals surface area contributed by atoms with Gasteiger partial charge in [-0.1, -0.05) is 0 Å². The maximum absolute atomic E-state index is 9.00. The first-order chi connectivity index (χ1) is 8.84. The minimum atomic E-state index is -0.833. The van der Waals surface area contributed by atoms with Gasteiger partial charge in [0.1, 0.15) is 0 Å². The second-order valence-electron chi connectivity index (χ2n) is 2.55. The molecule has 0 aliphatic rings. The van der Waals surface area contributed by atoms with Gasteiger partial charge in [0, 0.05) is 27.7 Å². The molecule has 0 atom stereocenters. The third-order valence-electron chi connectivity index (χ3n) is 0.136. The quantitative estimate of drug-likeness (QED) is 0.183. The van der Waals surface area contributed by atoms with Crippen LogP contribution in [0.1, 0.15) is 32.0 Å². The third kappa shape index (κ3) is 1580. The molecule has 0 aromatic rings. The van der Waals surface area contributed by atoms with Crippen LogP contribution in [0.5, 0.6) is 0 Å². The molecule has 0 aromatic carbocycles. The predicted octanol–water partition coefficient (Wildman–Crippen LogP) is -12.2. The van der Waals surface area contributed by atoms with Crippen molar-refractivity contribution in [1.82, 2.24) is 0 Å². The van der Waals surface area contributed by atoms with Crippen LogP contribution in [0, 0.1) is 6.54 Å². The average molecular weight is 394 g/mol. The van der Waals surface area contributed by atoms with E-state index in [0.717, 1.165) is 27.7 Å². The Balaban J connectivity index is -0.00000000978. The monoisotopic (exact) mass is 394 g/mol. The SMILES string of the molecule is CC(=O)O.CC(=O)O.CC(=O)O.CC(=O)O.N[CH-]CN.[H-].[H-].[H-].[Na+].[Na+].[Na+].[Na+]. The molecular formula is C10H26N2Na4O8. The third-order valence-corrected chi connectivity index (χ3v) is 0.136. The van der Waals surface area contributed by atoms with Gasteiger partial charge in [0.25, 0.3) is 23.9 Å². The van der Waals surface area contributed by atoms with Crippen molar-refractivity contribution in [3.05, 3.63) is 6.54 Å². The molecule has 0 fully saturated rings. The van der Waals surface area contributed by atoms with E-state index >= 15 is 0 Å². The number of carboxylic acid groups (broad SMARTS) is 4. The molecule has 128 valence electrons. The summed E-state index contributed by atoms with van der Waals surface area (Å²) in [7, 11) is 0. The summed E-state index contributed by atoms with van der Waals surface area (Å²) in [4.78, 5) is 36.0. The molecule has 0 heterocycles. The molecular weight excluding hydrogens is 368 g/mol. The molecule has 8 N–H and O–H groups in total. The maximum atomic E-state index is 9.00. The van der Waals surface area contributed by atoms with Crippen LogP contribution < -0.4 is 130 Å². The number of aliphatic carboxylic acids is 4. The van der Waals surface area contributed by atoms with Gasteiger partial charge in [0.2, 0.25) is 0 Å². The van der Waals surface area contributed by atoms with Gasteiger partial charge in [-0.25, -0.2) is 0 Å². The molecule has 24 heavy (non-hydrogen) atoms. The van der Waals surface area contributed by atoms with E-state index in [-0.39, 0.29) is 123 Å². The summed E-state index contributed by atoms with van der Waals surface area (Å²) < 4.78 is 0. The van der Waals surface area contributed by atoms with E-state index in [1.165, 1.54) is 6.54 Å². The van der Waals surface area contributed by atoms with Gasteiger partial charge >= 0.3 is 118 Å². The van der Waals surface area contributed by atoms with Crippen LogP contribution in [-0.4, -0.2) is 50.8 Å². The van der Waals surface area contributed by atoms with E-state index in [4.69, 9.17) is 51.1 Å². The van der Waals surface area contributed by atoms with Crippen molar-refractivity contribution in [2.45, 2.75) is 27.7 Å². The van der Waals surface area contributed by atoms with E-state index in [1.807, 2.05) is 0 Å². The Hall–Kier alpha value is 1.80. The van der Waals surface area contributed by atoms with Crippen LogP contribution in [0.25, 0.3) is 0 Å². The van der Waals surface area contributed by atoms with Gasteiger partial charge in [0.15, 0.2) is 0 Å². The predicted molar refractivity (Wildman–Crippen MR) is 74.1 cm³/mol. The van der Waals surface area contributed by atoms with Crippen molar-refractivity contribution in [1.29, 1.82) is 0 Å². The molecule has 10 nitrogen and oxygen atoms in total. The molecule has 14 heteroatoms. The Morgan fingerprint density at radius 3 is 0.750 bits per heavy atom. The topological polar surface area (TPSA) is 201 Å². The molecule has 0 amide bonds. The van der Waals surface area contributed by atoms with E-state index in [0.29, 0.717) is 6.54 Å². The fraction of sp³-hybridized carbons (Fsp3) is 0.500. The zero-order valence-corrected chi connectivity index (χ0v) is 23.9. The number of nitrogens with two attached hydrogens (primary N) is 2. The molecule has 0 aromatic heterocycles. The summed E-state index contributed by atoms with van der Waals surface area (Å²) >= 11 is 0. The van der Waals surface area contributed by atoms with Gasteiger partial charge in [-0.05, 0) is 0 Å². The van der Waals surface area contributed by atoms with Crippen LogP contribution >= 0.6 is 0 Å². The van der Waals surface area contributed by atoms with Crippen LogP contribution in [0.3, 0.4) is 0 Å². The van der Waals surface area contributed by atoms with Crippen LogP contribution in [-0.2, 0) is 19.2 Å². The van der Waals surface area contributed by atoms with Crippen LogP contribution in [0.2, 0.25) is 0 Å². The number of hydrogen-bond acceptors (Lipinski definition) is 6. The first kappa shape index (κ1) is 56.2. The molecule has 0 saturated carbocycles. The van der Waals surface area contributed by atoms with Crippen molar-refractivity contribution in [3.63, 3.8) is 0 Å². The van der Waals surface area contributed by atoms with Crippen molar-refractivity contribution in [2.75, 3.05) is 6.54 Å². The zero-order valence-electron chi connectivity index (χ0n) is 18.9. The normalized spacial score (nSPS) is 5.42. The minimum Gasteiger partial charge on any atom is -1.00 e. The fourth-order valence-corrected chi connectivity index (χ4v) is 0. The van der Waals surface area contributed by atoms with Gasteiger partial charge in [-0.15, -0.1) is 6.54 Å². The Morgan fingerprint density at radius 1 is 0.708 bits per heavy atom. The van der Waals surface area contributed by atoms with E-state index < -0.39 is 23.9 Å². The largest absolute Gasteiger partial charge is 1.00 e. The molecule has 0 aliphatic carbocycles. The van der Waals surface area contributed by atoms with Gasteiger partial charge in [0.05, 0.1) is 0 Å². The first-order valence-corrected chi connectivity index (χ1v) is 4.86. The Labute approximate surface area is 235 Å². The number of carbonyl (C=O) groups is 4. The second-order valence-corrected chi connectivity index (χ2v) is 2.55. The number of hydrogen-bond donors (Lipinski definition) is 6. The van der Waals surface area contributed by atoms with Crippen molar-refractivity contribution in [3.8, 4) is 0 Å². The standard InChI is InChI=1S/C2H7N2.4C2H4O2.4Na.3H/c3-1-2-4;4*1-2(3)4;;;;;;;/h1H,2-4H2;4*1H3,(H,3,4);;;;;;;/q-1;;;;;4*+1;3*-1. The first-order valence-electron chi connectivity index (χ1n) is 4.86. The summed E-state index contributed by atoms with van der Waals surface area (Å²) in [5.41, 5.74) is 9.62. The minimum absolute atomic E-state index is 0.